The molecule has 3 fully saturated rings. The molecular formula is C27H35F2NO6S. The van der Waals surface area contributed by atoms with Crippen molar-refractivity contribution in [3.05, 3.63) is 23.8 Å². The number of allylic oxidation sites excluding steroid dienone is 4. The summed E-state index contributed by atoms with van der Waals surface area (Å²) in [6.45, 7) is 6.50. The van der Waals surface area contributed by atoms with Crippen molar-refractivity contribution in [2.75, 3.05) is 14.1 Å². The average Bonchev–Trinajstić information content (AvgIpc) is 3.04. The van der Waals surface area contributed by atoms with Crippen LogP contribution in [0.2, 0.25) is 0 Å². The standard InChI is InChI=1S/C27H35F2NO6S/c1-7-21(33)36-27(22(34)37-23(35)30(5)6)14(2)10-16-17-12-19(28)18-11-15(31)8-9-24(18,3)26(17,29)20(32)13-25(16,27)4/h8-9,11,14,16-17,19-20,32H,7,10,12-13H2,1-6H3/t14-,16?,17?,19+,20+,24?,25?,26+,27+/m1/s1. The molecule has 0 bridgehead atoms. The van der Waals surface area contributed by atoms with Gasteiger partial charge in [0.2, 0.25) is 5.12 Å². The number of amides is 1. The molecule has 0 aromatic rings. The number of nitrogens with zero attached hydrogens (tertiary/aromatic N) is 1. The number of aliphatic hydroxyl groups excluding tert-OH is 1. The van der Waals surface area contributed by atoms with Crippen molar-refractivity contribution in [3.63, 3.8) is 0 Å². The zero-order chi connectivity index (χ0) is 27.7. The lowest BCUT2D eigenvalue weighted by atomic mass is 9.44. The van der Waals surface area contributed by atoms with Crippen LogP contribution in [-0.2, 0) is 19.1 Å². The summed E-state index contributed by atoms with van der Waals surface area (Å²) in [5.74, 6) is -3.36. The van der Waals surface area contributed by atoms with Gasteiger partial charge in [-0.05, 0) is 49.8 Å². The molecular weight excluding hydrogens is 504 g/mol. The minimum Gasteiger partial charge on any atom is -0.449 e. The Bertz CT molecular complexity index is 1110. The molecule has 9 atom stereocenters. The molecule has 0 heterocycles. The maximum absolute atomic E-state index is 17.4. The molecule has 4 aliphatic rings. The fourth-order valence-electron chi connectivity index (χ4n) is 7.72. The monoisotopic (exact) mass is 539 g/mol. The molecule has 0 aromatic heterocycles. The number of ketones is 1. The molecule has 10 heteroatoms. The number of ether oxygens (including phenoxy) is 1. The van der Waals surface area contributed by atoms with Crippen LogP contribution in [-0.4, -0.2) is 69.8 Å². The molecule has 4 aliphatic carbocycles. The second-order valence-electron chi connectivity index (χ2n) is 11.6. The van der Waals surface area contributed by atoms with E-state index in [-0.39, 0.29) is 31.3 Å². The fourth-order valence-corrected chi connectivity index (χ4v) is 8.68. The van der Waals surface area contributed by atoms with Gasteiger partial charge in [-0.3, -0.25) is 19.2 Å². The number of rotatable bonds is 3. The zero-order valence-corrected chi connectivity index (χ0v) is 22.9. The van der Waals surface area contributed by atoms with Crippen LogP contribution in [0.15, 0.2) is 23.8 Å². The number of carbonyl (C=O) groups is 4. The first kappa shape index (κ1) is 28.0. The maximum Gasteiger partial charge on any atom is 0.306 e. The lowest BCUT2D eigenvalue weighted by Crippen LogP contribution is -2.70. The van der Waals surface area contributed by atoms with Gasteiger partial charge in [-0.15, -0.1) is 0 Å². The first-order valence-electron chi connectivity index (χ1n) is 12.7. The van der Waals surface area contributed by atoms with Crippen molar-refractivity contribution in [1.29, 1.82) is 0 Å². The van der Waals surface area contributed by atoms with E-state index in [4.69, 9.17) is 4.74 Å². The summed E-state index contributed by atoms with van der Waals surface area (Å²) in [4.78, 5) is 52.3. The van der Waals surface area contributed by atoms with Crippen LogP contribution >= 0.6 is 11.8 Å². The topological polar surface area (TPSA) is 101 Å². The van der Waals surface area contributed by atoms with Gasteiger partial charge < -0.3 is 14.7 Å². The Hall–Kier alpha value is -2.07. The second kappa shape index (κ2) is 9.00. The first-order chi connectivity index (χ1) is 17.1. The van der Waals surface area contributed by atoms with Crippen LogP contribution in [0.1, 0.15) is 53.4 Å². The van der Waals surface area contributed by atoms with Crippen molar-refractivity contribution in [3.8, 4) is 0 Å². The molecule has 0 aromatic carbocycles. The highest BCUT2D eigenvalue weighted by atomic mass is 32.2. The third-order valence-corrected chi connectivity index (χ3v) is 10.6. The van der Waals surface area contributed by atoms with Crippen molar-refractivity contribution < 1.29 is 37.8 Å². The van der Waals surface area contributed by atoms with Crippen LogP contribution in [0.4, 0.5) is 13.6 Å². The molecule has 0 aliphatic heterocycles. The Morgan fingerprint density at radius 2 is 1.86 bits per heavy atom. The zero-order valence-electron chi connectivity index (χ0n) is 22.0. The minimum atomic E-state index is -2.32. The van der Waals surface area contributed by atoms with E-state index in [0.29, 0.717) is 11.8 Å². The van der Waals surface area contributed by atoms with E-state index in [1.165, 1.54) is 38.1 Å². The Balaban J connectivity index is 1.86. The van der Waals surface area contributed by atoms with E-state index in [2.05, 4.69) is 0 Å². The van der Waals surface area contributed by atoms with Crippen molar-refractivity contribution in [2.45, 2.75) is 76.9 Å². The molecule has 4 unspecified atom stereocenters. The Morgan fingerprint density at radius 3 is 2.46 bits per heavy atom. The third kappa shape index (κ3) is 3.61. The van der Waals surface area contributed by atoms with Gasteiger partial charge >= 0.3 is 5.97 Å². The molecule has 1 N–H and O–H groups in total. The van der Waals surface area contributed by atoms with Crippen LogP contribution in [0.25, 0.3) is 0 Å². The van der Waals surface area contributed by atoms with Crippen LogP contribution < -0.4 is 0 Å². The summed E-state index contributed by atoms with van der Waals surface area (Å²) in [5.41, 5.74) is -6.94. The number of aliphatic hydroxyl groups is 1. The molecule has 3 saturated carbocycles. The first-order valence-corrected chi connectivity index (χ1v) is 13.5. The number of esters is 1. The largest absolute Gasteiger partial charge is 0.449 e. The van der Waals surface area contributed by atoms with E-state index in [0.717, 1.165) is 6.08 Å². The Morgan fingerprint density at radius 1 is 1.22 bits per heavy atom. The highest BCUT2D eigenvalue weighted by Gasteiger charge is 2.78. The predicted molar refractivity (Wildman–Crippen MR) is 134 cm³/mol. The maximum atomic E-state index is 17.4. The van der Waals surface area contributed by atoms with E-state index < -0.39 is 74.2 Å². The summed E-state index contributed by atoms with van der Waals surface area (Å²) >= 11 is 0.426. The SMILES string of the molecule is CCC(=O)O[C@]1(C(=O)SC(=O)N(C)C)[C@H](C)CC2C3C[C@H](F)C4=CC(=O)C=CC4(C)[C@@]3(F)[C@@H](O)CC21C. The summed E-state index contributed by atoms with van der Waals surface area (Å²) < 4.78 is 39.0. The Kier molecular flexibility index (Phi) is 6.80. The number of hydrogen-bond acceptors (Lipinski definition) is 7. The van der Waals surface area contributed by atoms with Gasteiger partial charge in [0.15, 0.2) is 17.1 Å². The number of thioether (sulfide) groups is 1. The number of fused-ring (bicyclic) bond motifs is 5. The molecule has 204 valence electrons. The van der Waals surface area contributed by atoms with Crippen molar-refractivity contribution in [1.82, 2.24) is 4.90 Å². The smallest absolute Gasteiger partial charge is 0.306 e. The second-order valence-corrected chi connectivity index (χ2v) is 12.5. The molecule has 4 rings (SSSR count). The third-order valence-electron chi connectivity index (χ3n) is 9.58. The fraction of sp³-hybridized carbons (Fsp3) is 0.704. The van der Waals surface area contributed by atoms with Crippen LogP contribution in [0.5, 0.6) is 0 Å². The summed E-state index contributed by atoms with van der Waals surface area (Å²) in [6.07, 6.45) is 0.118. The quantitative estimate of drug-likeness (QED) is 0.537. The van der Waals surface area contributed by atoms with Gasteiger partial charge in [-0.1, -0.05) is 26.8 Å². The molecule has 1 amide bonds. The highest BCUT2D eigenvalue weighted by Crippen LogP contribution is 2.72. The molecule has 0 radical (unpaired) electrons. The molecule has 7 nitrogen and oxygen atoms in total. The van der Waals surface area contributed by atoms with Gasteiger partial charge in [0.1, 0.15) is 6.17 Å². The summed E-state index contributed by atoms with van der Waals surface area (Å²) in [6, 6.07) is 0. The van der Waals surface area contributed by atoms with Gasteiger partial charge in [-0.25, -0.2) is 8.78 Å². The van der Waals surface area contributed by atoms with E-state index >= 15 is 8.78 Å². The summed E-state index contributed by atoms with van der Waals surface area (Å²) in [5, 5.41) is 10.3. The molecule has 0 spiro atoms. The van der Waals surface area contributed by atoms with Gasteiger partial charge in [0, 0.05) is 54.9 Å². The number of halogens is 2. The number of hydrogen-bond donors (Lipinski definition) is 1. The van der Waals surface area contributed by atoms with Gasteiger partial charge in [0.25, 0.3) is 5.24 Å². The van der Waals surface area contributed by atoms with Crippen molar-refractivity contribution >= 4 is 33.9 Å². The normalized spacial score (nSPS) is 44.3. The molecule has 37 heavy (non-hydrogen) atoms. The molecule has 0 saturated heterocycles. The van der Waals surface area contributed by atoms with Gasteiger partial charge in [-0.2, -0.15) is 0 Å². The van der Waals surface area contributed by atoms with Gasteiger partial charge in [0.05, 0.1) is 6.10 Å². The number of alkyl halides is 2. The predicted octanol–water partition coefficient (Wildman–Crippen LogP) is 4.18. The Labute approximate surface area is 220 Å². The van der Waals surface area contributed by atoms with Crippen molar-refractivity contribution in [2.24, 2.45) is 28.6 Å². The van der Waals surface area contributed by atoms with E-state index in [9.17, 15) is 24.3 Å². The summed E-state index contributed by atoms with van der Waals surface area (Å²) in [7, 11) is 2.99. The average molecular weight is 540 g/mol. The minimum absolute atomic E-state index is 0.0133. The highest BCUT2D eigenvalue weighted by molar-refractivity contribution is 8.26. The van der Waals surface area contributed by atoms with E-state index in [1.54, 1.807) is 20.8 Å². The van der Waals surface area contributed by atoms with Crippen LogP contribution in [0, 0.1) is 28.6 Å². The number of carbonyl (C=O) groups excluding carboxylic acids is 4. The lowest BCUT2D eigenvalue weighted by Gasteiger charge is -2.63. The van der Waals surface area contributed by atoms with E-state index in [1.807, 2.05) is 0 Å². The lowest BCUT2D eigenvalue weighted by molar-refractivity contribution is -0.228. The van der Waals surface area contributed by atoms with Crippen LogP contribution in [0.3, 0.4) is 0 Å².